The van der Waals surface area contributed by atoms with Crippen molar-refractivity contribution in [1.82, 2.24) is 15.5 Å². The van der Waals surface area contributed by atoms with Crippen molar-refractivity contribution in [3.8, 4) is 0 Å². The van der Waals surface area contributed by atoms with E-state index in [4.69, 9.17) is 4.74 Å². The second-order valence-electron chi connectivity index (χ2n) is 12.6. The molecule has 3 heterocycles. The molecule has 3 aliphatic rings. The van der Waals surface area contributed by atoms with Crippen LogP contribution in [0.25, 0.3) is 0 Å². The number of fused-ring (bicyclic) bond motifs is 1. The highest BCUT2D eigenvalue weighted by Gasteiger charge is 2.75. The molecule has 2 bridgehead atoms. The molecule has 6 atom stereocenters. The lowest BCUT2D eigenvalue weighted by Gasteiger charge is -2.39. The molecular formula is C28H41N3O5. The van der Waals surface area contributed by atoms with Crippen LogP contribution in [0, 0.1) is 17.3 Å². The predicted octanol–water partition coefficient (Wildman–Crippen LogP) is 2.39. The van der Waals surface area contributed by atoms with E-state index >= 15 is 0 Å². The van der Waals surface area contributed by atoms with E-state index in [1.807, 2.05) is 44.2 Å². The van der Waals surface area contributed by atoms with Crippen LogP contribution in [0.4, 0.5) is 0 Å². The Morgan fingerprint density at radius 3 is 2.44 bits per heavy atom. The van der Waals surface area contributed by atoms with E-state index in [1.54, 1.807) is 6.92 Å². The number of nitrogens with one attached hydrogen (secondary N) is 2. The monoisotopic (exact) mass is 499 g/mol. The Labute approximate surface area is 214 Å². The number of carbonyl (C=O) groups is 3. The topological polar surface area (TPSA) is 108 Å². The highest BCUT2D eigenvalue weighted by molar-refractivity contribution is 5.99. The average molecular weight is 500 g/mol. The Morgan fingerprint density at radius 1 is 1.17 bits per heavy atom. The number of rotatable bonds is 8. The quantitative estimate of drug-likeness (QED) is 0.509. The van der Waals surface area contributed by atoms with Gasteiger partial charge in [0.1, 0.15) is 11.6 Å². The maximum absolute atomic E-state index is 13.9. The van der Waals surface area contributed by atoms with Gasteiger partial charge in [-0.1, -0.05) is 51.1 Å². The van der Waals surface area contributed by atoms with E-state index in [0.29, 0.717) is 19.4 Å². The number of hydrogen-bond acceptors (Lipinski definition) is 5. The summed E-state index contributed by atoms with van der Waals surface area (Å²) >= 11 is 0. The molecule has 0 saturated carbocycles. The van der Waals surface area contributed by atoms with Gasteiger partial charge in [0.25, 0.3) is 0 Å². The highest BCUT2D eigenvalue weighted by atomic mass is 16.5. The third-order valence-electron chi connectivity index (χ3n) is 7.77. The molecule has 4 rings (SSSR count). The van der Waals surface area contributed by atoms with Crippen molar-refractivity contribution in [1.29, 1.82) is 0 Å². The number of nitrogens with zero attached hydrogens (tertiary/aromatic N) is 1. The van der Waals surface area contributed by atoms with Crippen LogP contribution in [-0.2, 0) is 25.7 Å². The lowest BCUT2D eigenvalue weighted by molar-refractivity contribution is -0.146. The highest BCUT2D eigenvalue weighted by Crippen LogP contribution is 2.58. The molecule has 1 spiro atoms. The number of benzene rings is 1. The summed E-state index contributed by atoms with van der Waals surface area (Å²) in [6.07, 6.45) is 1.48. The summed E-state index contributed by atoms with van der Waals surface area (Å²) in [5.41, 5.74) is -0.617. The minimum atomic E-state index is -1.07. The smallest absolute Gasteiger partial charge is 0.246 e. The summed E-state index contributed by atoms with van der Waals surface area (Å²) in [4.78, 5) is 42.6. The van der Waals surface area contributed by atoms with Crippen LogP contribution in [0.1, 0.15) is 66.4 Å². The minimum Gasteiger partial charge on any atom is -0.394 e. The van der Waals surface area contributed by atoms with Crippen LogP contribution in [0.5, 0.6) is 0 Å². The number of aliphatic hydroxyl groups excluding tert-OH is 1. The Balaban J connectivity index is 1.61. The number of aliphatic hydroxyl groups is 1. The Hall–Kier alpha value is -2.45. The third kappa shape index (κ3) is 4.77. The molecule has 3 N–H and O–H groups in total. The third-order valence-corrected chi connectivity index (χ3v) is 7.77. The van der Waals surface area contributed by atoms with Crippen LogP contribution >= 0.6 is 0 Å². The first-order valence-corrected chi connectivity index (χ1v) is 13.0. The average Bonchev–Trinajstić information content (AvgIpc) is 3.43. The van der Waals surface area contributed by atoms with E-state index in [0.717, 1.165) is 12.0 Å². The van der Waals surface area contributed by atoms with Crippen molar-refractivity contribution in [2.45, 2.75) is 96.7 Å². The van der Waals surface area contributed by atoms with Crippen molar-refractivity contribution in [3.05, 3.63) is 35.9 Å². The van der Waals surface area contributed by atoms with Crippen LogP contribution < -0.4 is 10.6 Å². The van der Waals surface area contributed by atoms with Gasteiger partial charge in [-0.3, -0.25) is 14.4 Å². The molecule has 36 heavy (non-hydrogen) atoms. The van der Waals surface area contributed by atoms with Gasteiger partial charge in [-0.25, -0.2) is 0 Å². The maximum Gasteiger partial charge on any atom is 0.246 e. The molecule has 3 aliphatic heterocycles. The molecule has 3 fully saturated rings. The Bertz CT molecular complexity index is 1000. The fourth-order valence-corrected chi connectivity index (χ4v) is 6.93. The first-order chi connectivity index (χ1) is 16.8. The first kappa shape index (κ1) is 26.6. The fraction of sp³-hybridized carbons (Fsp3) is 0.679. The molecule has 1 aromatic rings. The summed E-state index contributed by atoms with van der Waals surface area (Å²) in [5, 5.41) is 16.1. The molecule has 2 unspecified atom stereocenters. The molecular weight excluding hydrogens is 458 g/mol. The summed E-state index contributed by atoms with van der Waals surface area (Å²) < 4.78 is 6.45. The van der Waals surface area contributed by atoms with Crippen LogP contribution in [0.3, 0.4) is 0 Å². The Kier molecular flexibility index (Phi) is 6.99. The van der Waals surface area contributed by atoms with E-state index in [2.05, 4.69) is 31.4 Å². The molecule has 8 heteroatoms. The minimum absolute atomic E-state index is 0.00851. The van der Waals surface area contributed by atoms with E-state index in [-0.39, 0.29) is 29.7 Å². The van der Waals surface area contributed by atoms with Crippen molar-refractivity contribution >= 4 is 17.7 Å². The van der Waals surface area contributed by atoms with Crippen molar-refractivity contribution in [3.63, 3.8) is 0 Å². The van der Waals surface area contributed by atoms with Gasteiger partial charge in [0.15, 0.2) is 0 Å². The van der Waals surface area contributed by atoms with Gasteiger partial charge in [-0.2, -0.15) is 0 Å². The number of amides is 3. The van der Waals surface area contributed by atoms with E-state index < -0.39 is 41.2 Å². The summed E-state index contributed by atoms with van der Waals surface area (Å²) in [5.74, 6) is -2.21. The summed E-state index contributed by atoms with van der Waals surface area (Å²) in [6, 6.07) is 8.14. The van der Waals surface area contributed by atoms with Crippen molar-refractivity contribution in [2.75, 3.05) is 6.61 Å². The largest absolute Gasteiger partial charge is 0.394 e. The zero-order valence-electron chi connectivity index (χ0n) is 22.3. The molecule has 1 aromatic carbocycles. The molecule has 0 aliphatic carbocycles. The predicted molar refractivity (Wildman–Crippen MR) is 136 cm³/mol. The molecule has 0 aromatic heterocycles. The standard InChI is InChI=1S/C28H41N3O5/c1-17(15-32)31-22(24(34)30-27(5,6)16-26(2,3)4)28-13-12-19(36-28)20(21(28)25(31)35)23(33)29-14-18-10-8-7-9-11-18/h7-11,17,19-22,32H,12-16H2,1-6H3,(H,29,33)(H,30,34)/t17-,19-,20+,21+,22?,28?/m1/s1. The SMILES string of the molecule is C[C@H](CO)N1C(=O)[C@@H]2[C@@H](C(=O)NCc3ccccc3)[C@H]3CCC2(O3)C1C(=O)NC(C)(C)CC(C)(C)C. The van der Waals surface area contributed by atoms with Crippen LogP contribution in [0.15, 0.2) is 30.3 Å². The van der Waals surface area contributed by atoms with Gasteiger partial charge in [0.05, 0.1) is 30.6 Å². The molecule has 198 valence electrons. The number of likely N-dealkylation sites (tertiary alicyclic amines) is 1. The molecule has 0 radical (unpaired) electrons. The van der Waals surface area contributed by atoms with Gasteiger partial charge in [-0.05, 0) is 51.0 Å². The normalized spacial score (nSPS) is 30.3. The zero-order chi connectivity index (χ0) is 26.5. The Morgan fingerprint density at radius 2 is 1.83 bits per heavy atom. The molecule has 3 amide bonds. The number of ether oxygens (including phenoxy) is 1. The second-order valence-corrected chi connectivity index (χ2v) is 12.6. The van der Waals surface area contributed by atoms with E-state index in [9.17, 15) is 19.5 Å². The zero-order valence-corrected chi connectivity index (χ0v) is 22.3. The van der Waals surface area contributed by atoms with Gasteiger partial charge in [-0.15, -0.1) is 0 Å². The van der Waals surface area contributed by atoms with Gasteiger partial charge in [0.2, 0.25) is 17.7 Å². The lowest BCUT2D eigenvalue weighted by Crippen LogP contribution is -2.61. The summed E-state index contributed by atoms with van der Waals surface area (Å²) in [7, 11) is 0. The van der Waals surface area contributed by atoms with Gasteiger partial charge >= 0.3 is 0 Å². The number of carbonyl (C=O) groups excluding carboxylic acids is 3. The van der Waals surface area contributed by atoms with Crippen molar-refractivity contribution in [2.24, 2.45) is 17.3 Å². The molecule has 8 nitrogen and oxygen atoms in total. The first-order valence-electron chi connectivity index (χ1n) is 13.0. The maximum atomic E-state index is 13.9. The van der Waals surface area contributed by atoms with Gasteiger partial charge < -0.3 is 25.4 Å². The van der Waals surface area contributed by atoms with Crippen LogP contribution in [0.2, 0.25) is 0 Å². The van der Waals surface area contributed by atoms with E-state index in [1.165, 1.54) is 4.90 Å². The molecule has 3 saturated heterocycles. The number of hydrogen-bond donors (Lipinski definition) is 3. The fourth-order valence-electron chi connectivity index (χ4n) is 6.93. The van der Waals surface area contributed by atoms with Gasteiger partial charge in [0, 0.05) is 12.1 Å². The summed E-state index contributed by atoms with van der Waals surface area (Å²) in [6.45, 7) is 12.1. The lowest BCUT2D eigenvalue weighted by atomic mass is 9.70. The van der Waals surface area contributed by atoms with Crippen LogP contribution in [-0.4, -0.2) is 63.7 Å². The second kappa shape index (κ2) is 9.45. The van der Waals surface area contributed by atoms with Crippen molar-refractivity contribution < 1.29 is 24.2 Å².